The van der Waals surface area contributed by atoms with Crippen molar-refractivity contribution in [2.24, 2.45) is 11.3 Å². The van der Waals surface area contributed by atoms with Gasteiger partial charge in [0.2, 0.25) is 0 Å². The van der Waals surface area contributed by atoms with E-state index in [4.69, 9.17) is 4.74 Å². The Balaban J connectivity index is 2.71. The molecule has 0 fully saturated rings. The Hall–Kier alpha value is -1.02. The van der Waals surface area contributed by atoms with Crippen molar-refractivity contribution in [2.45, 2.75) is 53.6 Å². The molecule has 0 heterocycles. The topological polar surface area (TPSA) is 29.5 Å². The largest absolute Gasteiger partial charge is 0.496 e. The number of aryl methyl sites for hydroxylation is 1. The summed E-state index contributed by atoms with van der Waals surface area (Å²) in [7, 11) is 1.68. The minimum absolute atomic E-state index is 0.234. The van der Waals surface area contributed by atoms with Gasteiger partial charge >= 0.3 is 0 Å². The van der Waals surface area contributed by atoms with E-state index < -0.39 is 0 Å². The highest BCUT2D eigenvalue weighted by atomic mass is 16.5. The number of methoxy groups -OCH3 is 1. The molecule has 0 radical (unpaired) electrons. The van der Waals surface area contributed by atoms with Gasteiger partial charge in [-0.15, -0.1) is 0 Å². The number of aliphatic hydroxyl groups is 1. The Morgan fingerprint density at radius 1 is 1.26 bits per heavy atom. The summed E-state index contributed by atoms with van der Waals surface area (Å²) < 4.78 is 5.36. The molecular formula is C17H28O2. The third-order valence-corrected chi connectivity index (χ3v) is 4.00. The highest BCUT2D eigenvalue weighted by molar-refractivity contribution is 5.37. The van der Waals surface area contributed by atoms with E-state index in [9.17, 15) is 5.11 Å². The summed E-state index contributed by atoms with van der Waals surface area (Å²) in [5.41, 5.74) is 2.53. The Morgan fingerprint density at radius 2 is 1.89 bits per heavy atom. The van der Waals surface area contributed by atoms with E-state index in [1.807, 2.05) is 12.1 Å². The average Bonchev–Trinajstić information content (AvgIpc) is 2.27. The molecule has 0 saturated heterocycles. The van der Waals surface area contributed by atoms with Crippen LogP contribution in [-0.4, -0.2) is 18.3 Å². The lowest BCUT2D eigenvalue weighted by Gasteiger charge is -2.29. The van der Waals surface area contributed by atoms with Gasteiger partial charge in [0.1, 0.15) is 5.75 Å². The monoisotopic (exact) mass is 264 g/mol. The molecular weight excluding hydrogens is 236 g/mol. The van der Waals surface area contributed by atoms with Crippen LogP contribution in [0.4, 0.5) is 0 Å². The zero-order valence-electron chi connectivity index (χ0n) is 13.2. The van der Waals surface area contributed by atoms with E-state index in [0.29, 0.717) is 12.3 Å². The van der Waals surface area contributed by atoms with Gasteiger partial charge in [0.05, 0.1) is 13.2 Å². The third kappa shape index (κ3) is 4.87. The van der Waals surface area contributed by atoms with E-state index in [2.05, 4.69) is 40.7 Å². The summed E-state index contributed by atoms with van der Waals surface area (Å²) in [6.45, 7) is 10.9. The van der Waals surface area contributed by atoms with Crippen molar-refractivity contribution in [1.82, 2.24) is 0 Å². The van der Waals surface area contributed by atoms with Crippen LogP contribution >= 0.6 is 0 Å². The Kier molecular flexibility index (Phi) is 5.42. The first-order valence-electron chi connectivity index (χ1n) is 7.05. The Morgan fingerprint density at radius 3 is 2.42 bits per heavy atom. The minimum Gasteiger partial charge on any atom is -0.496 e. The zero-order chi connectivity index (χ0) is 14.6. The van der Waals surface area contributed by atoms with Gasteiger partial charge in [-0.1, -0.05) is 45.4 Å². The molecule has 108 valence electrons. The van der Waals surface area contributed by atoms with Crippen LogP contribution in [0.1, 0.15) is 45.2 Å². The van der Waals surface area contributed by atoms with Crippen LogP contribution in [0.5, 0.6) is 5.75 Å². The molecule has 1 aromatic rings. The van der Waals surface area contributed by atoms with Crippen LogP contribution in [0, 0.1) is 18.3 Å². The number of rotatable bonds is 5. The normalized spacial score (nSPS) is 15.1. The third-order valence-electron chi connectivity index (χ3n) is 4.00. The minimum atomic E-state index is -0.315. The van der Waals surface area contributed by atoms with Crippen molar-refractivity contribution < 1.29 is 9.84 Å². The maximum absolute atomic E-state index is 10.3. The molecule has 19 heavy (non-hydrogen) atoms. The van der Waals surface area contributed by atoms with Crippen LogP contribution in [0.25, 0.3) is 0 Å². The molecule has 1 aromatic carbocycles. The summed E-state index contributed by atoms with van der Waals surface area (Å²) in [6.07, 6.45) is 1.16. The number of aliphatic hydroxyl groups excluding tert-OH is 1. The van der Waals surface area contributed by atoms with Crippen molar-refractivity contribution in [3.05, 3.63) is 29.3 Å². The van der Waals surface area contributed by atoms with E-state index >= 15 is 0 Å². The quantitative estimate of drug-likeness (QED) is 0.871. The fraction of sp³-hybridized carbons (Fsp3) is 0.647. The standard InChI is InChI=1S/C17H28O2/c1-12-7-8-16(19-6)14(9-12)11-15(18)10-13(2)17(3,4)5/h7-9,13,15,18H,10-11H2,1-6H3. The zero-order valence-corrected chi connectivity index (χ0v) is 13.2. The van der Waals surface area contributed by atoms with Crippen LogP contribution in [-0.2, 0) is 6.42 Å². The van der Waals surface area contributed by atoms with Gasteiger partial charge in [-0.05, 0) is 36.3 Å². The summed E-state index contributed by atoms with van der Waals surface area (Å²) in [5, 5.41) is 10.3. The van der Waals surface area contributed by atoms with E-state index in [1.165, 1.54) is 5.56 Å². The van der Waals surface area contributed by atoms with E-state index in [-0.39, 0.29) is 11.5 Å². The highest BCUT2D eigenvalue weighted by Crippen LogP contribution is 2.30. The second-order valence-electron chi connectivity index (χ2n) is 6.68. The number of ether oxygens (including phenoxy) is 1. The van der Waals surface area contributed by atoms with Crippen molar-refractivity contribution in [1.29, 1.82) is 0 Å². The van der Waals surface area contributed by atoms with Crippen molar-refractivity contribution in [2.75, 3.05) is 7.11 Å². The summed E-state index contributed by atoms with van der Waals surface area (Å²) in [6, 6.07) is 6.11. The molecule has 2 unspecified atom stereocenters. The molecule has 2 nitrogen and oxygen atoms in total. The smallest absolute Gasteiger partial charge is 0.122 e. The predicted molar refractivity (Wildman–Crippen MR) is 80.7 cm³/mol. The molecule has 1 N–H and O–H groups in total. The van der Waals surface area contributed by atoms with Gasteiger partial charge in [-0.25, -0.2) is 0 Å². The first-order valence-corrected chi connectivity index (χ1v) is 7.05. The molecule has 0 amide bonds. The lowest BCUT2D eigenvalue weighted by molar-refractivity contribution is 0.110. The predicted octanol–water partition coefficient (Wildman–Crippen LogP) is 3.98. The van der Waals surface area contributed by atoms with Crippen LogP contribution < -0.4 is 4.74 Å². The van der Waals surface area contributed by atoms with Gasteiger partial charge in [0, 0.05) is 6.42 Å². The van der Waals surface area contributed by atoms with Gasteiger partial charge in [-0.2, -0.15) is 0 Å². The Labute approximate surface area is 117 Å². The van der Waals surface area contributed by atoms with Crippen LogP contribution in [0.15, 0.2) is 18.2 Å². The van der Waals surface area contributed by atoms with Crippen LogP contribution in [0.2, 0.25) is 0 Å². The molecule has 2 atom stereocenters. The number of benzene rings is 1. The molecule has 1 rings (SSSR count). The van der Waals surface area contributed by atoms with E-state index in [0.717, 1.165) is 17.7 Å². The van der Waals surface area contributed by atoms with Gasteiger partial charge < -0.3 is 9.84 Å². The van der Waals surface area contributed by atoms with Crippen molar-refractivity contribution in [3.63, 3.8) is 0 Å². The summed E-state index contributed by atoms with van der Waals surface area (Å²) >= 11 is 0. The Bertz CT molecular complexity index is 404. The molecule has 2 heteroatoms. The van der Waals surface area contributed by atoms with Crippen LogP contribution in [0.3, 0.4) is 0 Å². The number of hydrogen-bond acceptors (Lipinski definition) is 2. The second-order valence-corrected chi connectivity index (χ2v) is 6.68. The van der Waals surface area contributed by atoms with Gasteiger partial charge in [0.25, 0.3) is 0 Å². The van der Waals surface area contributed by atoms with Crippen molar-refractivity contribution >= 4 is 0 Å². The second kappa shape index (κ2) is 6.42. The highest BCUT2D eigenvalue weighted by Gasteiger charge is 2.23. The molecule has 0 bridgehead atoms. The molecule has 0 saturated carbocycles. The SMILES string of the molecule is COc1ccc(C)cc1CC(O)CC(C)C(C)(C)C. The molecule has 0 aliphatic heterocycles. The van der Waals surface area contributed by atoms with Gasteiger partial charge in [-0.3, -0.25) is 0 Å². The van der Waals surface area contributed by atoms with Crippen molar-refractivity contribution in [3.8, 4) is 5.75 Å². The van der Waals surface area contributed by atoms with E-state index in [1.54, 1.807) is 7.11 Å². The maximum atomic E-state index is 10.3. The molecule has 0 aliphatic rings. The maximum Gasteiger partial charge on any atom is 0.122 e. The number of hydrogen-bond donors (Lipinski definition) is 1. The summed E-state index contributed by atoms with van der Waals surface area (Å²) in [4.78, 5) is 0. The lowest BCUT2D eigenvalue weighted by atomic mass is 9.78. The average molecular weight is 264 g/mol. The first-order chi connectivity index (χ1) is 8.74. The fourth-order valence-corrected chi connectivity index (χ4v) is 2.17. The summed E-state index contributed by atoms with van der Waals surface area (Å²) in [5.74, 6) is 1.35. The lowest BCUT2D eigenvalue weighted by Crippen LogP contribution is -2.24. The molecule has 0 spiro atoms. The molecule has 0 aromatic heterocycles. The van der Waals surface area contributed by atoms with Gasteiger partial charge in [0.15, 0.2) is 0 Å². The fourth-order valence-electron chi connectivity index (χ4n) is 2.17. The first kappa shape index (κ1) is 16.0. The molecule has 0 aliphatic carbocycles.